The molecule has 7 heteroatoms. The lowest BCUT2D eigenvalue weighted by Crippen LogP contribution is -2.42. The predicted octanol–water partition coefficient (Wildman–Crippen LogP) is 5.18. The van der Waals surface area contributed by atoms with E-state index in [1.165, 1.54) is 19.2 Å². The lowest BCUT2D eigenvalue weighted by Gasteiger charge is -2.37. The first-order valence-electron chi connectivity index (χ1n) is 11.8. The molecule has 0 bridgehead atoms. The molecule has 6 nitrogen and oxygen atoms in total. The Bertz CT molecular complexity index is 1270. The summed E-state index contributed by atoms with van der Waals surface area (Å²) >= 11 is 0. The van der Waals surface area contributed by atoms with Gasteiger partial charge in [0.05, 0.1) is 24.7 Å². The number of amides is 1. The Morgan fingerprint density at radius 2 is 1.86 bits per heavy atom. The standard InChI is InChI=1S/C29H30FNO5/c1-28(2,24-14-21(30)9-12-25(24)35-3)18-29(34,15-19-7-5-4-6-8-19)16-26(32)31-22-10-11-23-20(13-22)17-36-27(23)33/h4-14,34H,15-18H2,1-3H3,(H,31,32). The molecule has 0 saturated carbocycles. The molecule has 3 aromatic carbocycles. The molecule has 0 saturated heterocycles. The number of cyclic esters (lactones) is 1. The second-order valence-electron chi connectivity index (χ2n) is 9.96. The number of esters is 1. The van der Waals surface area contributed by atoms with Crippen LogP contribution in [0.5, 0.6) is 5.75 Å². The largest absolute Gasteiger partial charge is 0.496 e. The van der Waals surface area contributed by atoms with Crippen LogP contribution in [0.3, 0.4) is 0 Å². The van der Waals surface area contributed by atoms with Crippen LogP contribution < -0.4 is 10.1 Å². The van der Waals surface area contributed by atoms with Gasteiger partial charge >= 0.3 is 5.97 Å². The third-order valence-electron chi connectivity index (χ3n) is 6.49. The molecule has 1 unspecified atom stereocenters. The monoisotopic (exact) mass is 491 g/mol. The van der Waals surface area contributed by atoms with Gasteiger partial charge in [-0.2, -0.15) is 0 Å². The summed E-state index contributed by atoms with van der Waals surface area (Å²) < 4.78 is 24.6. The Labute approximate surface area is 210 Å². The summed E-state index contributed by atoms with van der Waals surface area (Å²) in [5, 5.41) is 14.7. The SMILES string of the molecule is COc1ccc(F)cc1C(C)(C)CC(O)(CC(=O)Nc1ccc2c(c1)COC2=O)Cc1ccccc1. The molecule has 1 atom stereocenters. The summed E-state index contributed by atoms with van der Waals surface area (Å²) in [5.41, 5.74) is 1.04. The van der Waals surface area contributed by atoms with Gasteiger partial charge in [0.25, 0.3) is 0 Å². The maximum Gasteiger partial charge on any atom is 0.338 e. The smallest absolute Gasteiger partial charge is 0.338 e. The summed E-state index contributed by atoms with van der Waals surface area (Å²) in [6.07, 6.45) is 0.221. The molecule has 1 aliphatic heterocycles. The molecule has 0 radical (unpaired) electrons. The van der Waals surface area contributed by atoms with E-state index >= 15 is 0 Å². The van der Waals surface area contributed by atoms with E-state index in [0.717, 1.165) is 5.56 Å². The molecule has 36 heavy (non-hydrogen) atoms. The number of carbonyl (C=O) groups excluding carboxylic acids is 2. The molecule has 4 rings (SSSR count). The van der Waals surface area contributed by atoms with Crippen LogP contribution in [0.2, 0.25) is 0 Å². The predicted molar refractivity (Wildman–Crippen MR) is 134 cm³/mol. The van der Waals surface area contributed by atoms with E-state index in [2.05, 4.69) is 5.32 Å². The van der Waals surface area contributed by atoms with Crippen molar-refractivity contribution in [3.63, 3.8) is 0 Å². The van der Waals surface area contributed by atoms with E-state index in [1.807, 2.05) is 44.2 Å². The van der Waals surface area contributed by atoms with Crippen LogP contribution in [0, 0.1) is 5.82 Å². The number of aliphatic hydroxyl groups is 1. The quantitative estimate of drug-likeness (QED) is 0.403. The van der Waals surface area contributed by atoms with Crippen LogP contribution in [0.25, 0.3) is 0 Å². The van der Waals surface area contributed by atoms with Crippen LogP contribution in [0.4, 0.5) is 10.1 Å². The molecule has 188 valence electrons. The van der Waals surface area contributed by atoms with Crippen LogP contribution in [0.15, 0.2) is 66.7 Å². The number of nitrogens with one attached hydrogen (secondary N) is 1. The molecule has 0 fully saturated rings. The van der Waals surface area contributed by atoms with E-state index in [-0.39, 0.29) is 37.7 Å². The number of ether oxygens (including phenoxy) is 2. The van der Waals surface area contributed by atoms with Crippen LogP contribution >= 0.6 is 0 Å². The van der Waals surface area contributed by atoms with Crippen molar-refractivity contribution in [2.24, 2.45) is 0 Å². The number of benzene rings is 3. The Morgan fingerprint density at radius 3 is 2.58 bits per heavy atom. The number of rotatable bonds is 9. The highest BCUT2D eigenvalue weighted by Crippen LogP contribution is 2.40. The molecule has 0 aromatic heterocycles. The third kappa shape index (κ3) is 5.74. The van der Waals surface area contributed by atoms with Crippen molar-refractivity contribution >= 4 is 17.6 Å². The Morgan fingerprint density at radius 1 is 1.11 bits per heavy atom. The summed E-state index contributed by atoms with van der Waals surface area (Å²) in [6.45, 7) is 3.96. The number of hydrogen-bond acceptors (Lipinski definition) is 5. The number of hydrogen-bond donors (Lipinski definition) is 2. The van der Waals surface area contributed by atoms with Crippen molar-refractivity contribution < 1.29 is 28.6 Å². The van der Waals surface area contributed by atoms with E-state index in [4.69, 9.17) is 9.47 Å². The summed E-state index contributed by atoms with van der Waals surface area (Å²) in [4.78, 5) is 24.8. The minimum absolute atomic E-state index is 0.166. The highest BCUT2D eigenvalue weighted by atomic mass is 19.1. The first kappa shape index (κ1) is 25.4. The molecular formula is C29H30FNO5. The van der Waals surface area contributed by atoms with Gasteiger partial charge in [-0.05, 0) is 53.8 Å². The van der Waals surface area contributed by atoms with Crippen molar-refractivity contribution in [3.8, 4) is 5.75 Å². The second kappa shape index (κ2) is 10.1. The normalized spacial score (nSPS) is 14.5. The molecule has 0 spiro atoms. The minimum atomic E-state index is -1.44. The lowest BCUT2D eigenvalue weighted by molar-refractivity contribution is -0.121. The summed E-state index contributed by atoms with van der Waals surface area (Å²) in [6, 6.07) is 18.7. The average molecular weight is 492 g/mol. The maximum atomic E-state index is 14.2. The van der Waals surface area contributed by atoms with Crippen molar-refractivity contribution in [1.82, 2.24) is 0 Å². The molecule has 1 heterocycles. The number of anilines is 1. The third-order valence-corrected chi connectivity index (χ3v) is 6.49. The fourth-order valence-corrected chi connectivity index (χ4v) is 5.01. The zero-order valence-electron chi connectivity index (χ0n) is 20.6. The first-order valence-corrected chi connectivity index (χ1v) is 11.8. The van der Waals surface area contributed by atoms with Gasteiger partial charge in [0.15, 0.2) is 0 Å². The van der Waals surface area contributed by atoms with Crippen LogP contribution in [-0.4, -0.2) is 29.7 Å². The van der Waals surface area contributed by atoms with Gasteiger partial charge in [-0.25, -0.2) is 9.18 Å². The maximum absolute atomic E-state index is 14.2. The highest BCUT2D eigenvalue weighted by Gasteiger charge is 2.39. The van der Waals surface area contributed by atoms with Gasteiger partial charge in [-0.15, -0.1) is 0 Å². The van der Waals surface area contributed by atoms with Crippen molar-refractivity contribution in [2.75, 3.05) is 12.4 Å². The first-order chi connectivity index (χ1) is 17.1. The van der Waals surface area contributed by atoms with Gasteiger partial charge < -0.3 is 19.9 Å². The molecule has 2 N–H and O–H groups in total. The molecular weight excluding hydrogens is 461 g/mol. The topological polar surface area (TPSA) is 84.9 Å². The van der Waals surface area contributed by atoms with Crippen LogP contribution in [-0.2, 0) is 28.0 Å². The summed E-state index contributed by atoms with van der Waals surface area (Å²) in [7, 11) is 1.52. The zero-order chi connectivity index (χ0) is 25.9. The minimum Gasteiger partial charge on any atom is -0.496 e. The van der Waals surface area contributed by atoms with Crippen LogP contribution in [0.1, 0.15) is 53.7 Å². The highest BCUT2D eigenvalue weighted by molar-refractivity contribution is 5.96. The number of halogens is 1. The van der Waals surface area contributed by atoms with Crippen molar-refractivity contribution in [1.29, 1.82) is 0 Å². The number of carbonyl (C=O) groups is 2. The van der Waals surface area contributed by atoms with E-state index in [9.17, 15) is 19.1 Å². The van der Waals surface area contributed by atoms with E-state index in [1.54, 1.807) is 24.3 Å². The van der Waals surface area contributed by atoms with Crippen molar-refractivity contribution in [2.45, 2.75) is 50.7 Å². The Hall–Kier alpha value is -3.71. The number of methoxy groups -OCH3 is 1. The van der Waals surface area contributed by atoms with E-state index < -0.39 is 16.8 Å². The Balaban J connectivity index is 1.59. The molecule has 1 amide bonds. The Kier molecular flexibility index (Phi) is 7.13. The average Bonchev–Trinajstić information content (AvgIpc) is 3.18. The fraction of sp³-hybridized carbons (Fsp3) is 0.310. The second-order valence-corrected chi connectivity index (χ2v) is 9.96. The van der Waals surface area contributed by atoms with Crippen molar-refractivity contribution in [3.05, 3.63) is 94.8 Å². The number of fused-ring (bicyclic) bond motifs is 1. The fourth-order valence-electron chi connectivity index (χ4n) is 5.01. The van der Waals surface area contributed by atoms with Gasteiger partial charge in [0, 0.05) is 23.2 Å². The van der Waals surface area contributed by atoms with E-state index in [0.29, 0.717) is 28.1 Å². The van der Waals surface area contributed by atoms with Gasteiger partial charge in [-0.3, -0.25) is 4.79 Å². The van der Waals surface area contributed by atoms with Gasteiger partial charge in [-0.1, -0.05) is 44.2 Å². The van der Waals surface area contributed by atoms with Gasteiger partial charge in [0.1, 0.15) is 18.2 Å². The molecule has 3 aromatic rings. The summed E-state index contributed by atoms with van der Waals surface area (Å²) in [5.74, 6) is -0.638. The van der Waals surface area contributed by atoms with Gasteiger partial charge in [0.2, 0.25) is 5.91 Å². The molecule has 0 aliphatic carbocycles. The lowest BCUT2D eigenvalue weighted by atomic mass is 9.72. The zero-order valence-corrected chi connectivity index (χ0v) is 20.6. The molecule has 1 aliphatic rings.